The van der Waals surface area contributed by atoms with E-state index in [1.54, 1.807) is 7.11 Å². The van der Waals surface area contributed by atoms with Gasteiger partial charge in [-0.05, 0) is 17.7 Å². The number of carboxylic acid groups (broad SMARTS) is 1. The summed E-state index contributed by atoms with van der Waals surface area (Å²) in [5.74, 6) is -0.304. The second-order valence-corrected chi connectivity index (χ2v) is 8.71. The largest absolute Gasteiger partial charge is 0.497 e. The number of hydrogen-bond acceptors (Lipinski definition) is 5. The number of carboxylic acids is 1. The Labute approximate surface area is 141 Å². The van der Waals surface area contributed by atoms with E-state index in [0.29, 0.717) is 19.6 Å². The minimum absolute atomic E-state index is 0.0605. The molecule has 0 aromatic heterocycles. The number of likely N-dealkylation sites (tertiary alicyclic amines) is 1. The Morgan fingerprint density at radius 1 is 1.29 bits per heavy atom. The summed E-state index contributed by atoms with van der Waals surface area (Å²) in [6.45, 7) is 1.94. The van der Waals surface area contributed by atoms with Crippen LogP contribution in [0.25, 0.3) is 0 Å². The van der Waals surface area contributed by atoms with Crippen LogP contribution in [-0.2, 0) is 21.4 Å². The quantitative estimate of drug-likeness (QED) is 0.827. The van der Waals surface area contributed by atoms with Crippen LogP contribution in [0.15, 0.2) is 24.3 Å². The highest BCUT2D eigenvalue weighted by molar-refractivity contribution is 7.88. The average Bonchev–Trinajstić information content (AvgIpc) is 3.02. The van der Waals surface area contributed by atoms with E-state index in [2.05, 4.69) is 4.90 Å². The fourth-order valence-corrected chi connectivity index (χ4v) is 4.70. The zero-order valence-electron chi connectivity index (χ0n) is 13.8. The lowest BCUT2D eigenvalue weighted by atomic mass is 9.81. The lowest BCUT2D eigenvalue weighted by molar-refractivity contribution is -0.148. The molecular weight excluding hydrogens is 332 g/mol. The number of carbonyl (C=O) groups is 1. The van der Waals surface area contributed by atoms with Gasteiger partial charge in [0, 0.05) is 38.6 Å². The van der Waals surface area contributed by atoms with Crippen molar-refractivity contribution in [2.75, 3.05) is 39.5 Å². The number of ether oxygens (including phenoxy) is 1. The summed E-state index contributed by atoms with van der Waals surface area (Å²) in [6.07, 6.45) is 1.14. The summed E-state index contributed by atoms with van der Waals surface area (Å²) in [4.78, 5) is 14.0. The molecule has 3 rings (SSSR count). The lowest BCUT2D eigenvalue weighted by Crippen LogP contribution is -2.41. The van der Waals surface area contributed by atoms with Crippen LogP contribution in [-0.4, -0.2) is 68.2 Å². The fraction of sp³-hybridized carbons (Fsp3) is 0.562. The minimum Gasteiger partial charge on any atom is -0.497 e. The maximum Gasteiger partial charge on any atom is 0.312 e. The Hall–Kier alpha value is -1.64. The van der Waals surface area contributed by atoms with E-state index >= 15 is 0 Å². The van der Waals surface area contributed by atoms with E-state index in [0.717, 1.165) is 17.6 Å². The van der Waals surface area contributed by atoms with Crippen LogP contribution in [0.2, 0.25) is 0 Å². The molecule has 132 valence electrons. The predicted octanol–water partition coefficient (Wildman–Crippen LogP) is 0.473. The molecule has 0 unspecified atom stereocenters. The van der Waals surface area contributed by atoms with E-state index in [9.17, 15) is 18.3 Å². The number of aliphatic carboxylic acids is 1. The van der Waals surface area contributed by atoms with E-state index in [-0.39, 0.29) is 19.0 Å². The van der Waals surface area contributed by atoms with Crippen molar-refractivity contribution in [2.24, 2.45) is 11.3 Å². The van der Waals surface area contributed by atoms with Crippen LogP contribution < -0.4 is 4.74 Å². The summed E-state index contributed by atoms with van der Waals surface area (Å²) in [5, 5.41) is 9.75. The molecule has 24 heavy (non-hydrogen) atoms. The molecule has 0 aliphatic carbocycles. The Kier molecular flexibility index (Phi) is 4.31. The molecule has 0 saturated carbocycles. The van der Waals surface area contributed by atoms with Gasteiger partial charge in [0.2, 0.25) is 10.0 Å². The van der Waals surface area contributed by atoms with Crippen molar-refractivity contribution in [1.29, 1.82) is 0 Å². The first kappa shape index (κ1) is 17.2. The standard InChI is InChI=1S/C16H22N2O5S/c1-23-14-5-3-12(4-6-14)7-17-8-13-9-18(24(2,21)22)11-16(13,10-17)15(19)20/h3-6,13H,7-11H2,1-2H3,(H,19,20)/t13-,16-/m1/s1. The molecule has 2 heterocycles. The molecule has 0 amide bonds. The number of nitrogens with zero attached hydrogens (tertiary/aromatic N) is 2. The molecule has 8 heteroatoms. The van der Waals surface area contributed by atoms with Gasteiger partial charge in [0.05, 0.1) is 18.8 Å². The highest BCUT2D eigenvalue weighted by atomic mass is 32.2. The summed E-state index contributed by atoms with van der Waals surface area (Å²) in [5.41, 5.74) is 0.0755. The second-order valence-electron chi connectivity index (χ2n) is 6.73. The molecule has 1 aromatic rings. The van der Waals surface area contributed by atoms with Crippen molar-refractivity contribution in [3.8, 4) is 5.75 Å². The number of rotatable bonds is 5. The van der Waals surface area contributed by atoms with Gasteiger partial charge in [-0.1, -0.05) is 12.1 Å². The predicted molar refractivity (Wildman–Crippen MR) is 88.2 cm³/mol. The van der Waals surface area contributed by atoms with Crippen molar-refractivity contribution in [3.05, 3.63) is 29.8 Å². The van der Waals surface area contributed by atoms with Crippen LogP contribution in [0, 0.1) is 11.3 Å². The van der Waals surface area contributed by atoms with Gasteiger partial charge in [-0.2, -0.15) is 0 Å². The van der Waals surface area contributed by atoms with E-state index in [1.807, 2.05) is 24.3 Å². The third-order valence-corrected chi connectivity index (χ3v) is 6.32. The Balaban J connectivity index is 1.74. The maximum absolute atomic E-state index is 11.9. The molecule has 0 bridgehead atoms. The van der Waals surface area contributed by atoms with Crippen molar-refractivity contribution < 1.29 is 23.1 Å². The SMILES string of the molecule is COc1ccc(CN2C[C@@H]3CN(S(C)(=O)=O)C[C@]3(C(=O)O)C2)cc1. The molecule has 2 fully saturated rings. The Morgan fingerprint density at radius 2 is 1.96 bits per heavy atom. The third kappa shape index (κ3) is 3.01. The normalized spacial score (nSPS) is 28.0. The summed E-state index contributed by atoms with van der Waals surface area (Å²) < 4.78 is 30.0. The van der Waals surface area contributed by atoms with E-state index in [1.165, 1.54) is 4.31 Å². The van der Waals surface area contributed by atoms with Gasteiger partial charge < -0.3 is 9.84 Å². The van der Waals surface area contributed by atoms with Crippen LogP contribution >= 0.6 is 0 Å². The van der Waals surface area contributed by atoms with Gasteiger partial charge in [-0.15, -0.1) is 0 Å². The Bertz CT molecular complexity index is 733. The van der Waals surface area contributed by atoms with E-state index in [4.69, 9.17) is 4.74 Å². The summed E-state index contributed by atoms with van der Waals surface area (Å²) in [7, 11) is -1.75. The van der Waals surface area contributed by atoms with Gasteiger partial charge in [-0.3, -0.25) is 9.69 Å². The number of hydrogen-bond donors (Lipinski definition) is 1. The van der Waals surface area contributed by atoms with Crippen molar-refractivity contribution in [1.82, 2.24) is 9.21 Å². The summed E-state index contributed by atoms with van der Waals surface area (Å²) in [6, 6.07) is 7.68. The van der Waals surface area contributed by atoms with Gasteiger partial charge in [0.25, 0.3) is 0 Å². The molecule has 1 aromatic carbocycles. The first-order valence-corrected chi connectivity index (χ1v) is 9.63. The fourth-order valence-electron chi connectivity index (χ4n) is 3.79. The summed E-state index contributed by atoms with van der Waals surface area (Å²) >= 11 is 0. The van der Waals surface area contributed by atoms with Crippen molar-refractivity contribution in [2.45, 2.75) is 6.54 Å². The molecule has 7 nitrogen and oxygen atoms in total. The monoisotopic (exact) mass is 354 g/mol. The molecular formula is C16H22N2O5S. The van der Waals surface area contributed by atoms with Gasteiger partial charge >= 0.3 is 5.97 Å². The average molecular weight is 354 g/mol. The van der Waals surface area contributed by atoms with Crippen LogP contribution in [0.5, 0.6) is 5.75 Å². The minimum atomic E-state index is -3.36. The topological polar surface area (TPSA) is 87.2 Å². The molecule has 2 aliphatic rings. The van der Waals surface area contributed by atoms with Gasteiger partial charge in [0.1, 0.15) is 5.75 Å². The van der Waals surface area contributed by atoms with Crippen molar-refractivity contribution in [3.63, 3.8) is 0 Å². The highest BCUT2D eigenvalue weighted by Crippen LogP contribution is 2.44. The van der Waals surface area contributed by atoms with Crippen LogP contribution in [0.1, 0.15) is 5.56 Å². The van der Waals surface area contributed by atoms with Crippen molar-refractivity contribution >= 4 is 16.0 Å². The molecule has 2 aliphatic heterocycles. The molecule has 0 spiro atoms. The smallest absolute Gasteiger partial charge is 0.312 e. The molecule has 0 radical (unpaired) electrons. The zero-order valence-corrected chi connectivity index (χ0v) is 14.6. The molecule has 1 N–H and O–H groups in total. The Morgan fingerprint density at radius 3 is 2.46 bits per heavy atom. The zero-order chi connectivity index (χ0) is 17.5. The van der Waals surface area contributed by atoms with E-state index < -0.39 is 21.4 Å². The van der Waals surface area contributed by atoms with Crippen LogP contribution in [0.3, 0.4) is 0 Å². The number of fused-ring (bicyclic) bond motifs is 1. The number of benzene rings is 1. The second kappa shape index (κ2) is 6.02. The van der Waals surface area contributed by atoms with Gasteiger partial charge in [0.15, 0.2) is 0 Å². The first-order valence-electron chi connectivity index (χ1n) is 7.78. The molecule has 2 saturated heterocycles. The highest BCUT2D eigenvalue weighted by Gasteiger charge is 2.58. The number of sulfonamides is 1. The first-order chi connectivity index (χ1) is 11.2. The van der Waals surface area contributed by atoms with Gasteiger partial charge in [-0.25, -0.2) is 12.7 Å². The lowest BCUT2D eigenvalue weighted by Gasteiger charge is -2.24. The number of methoxy groups -OCH3 is 1. The molecule has 2 atom stereocenters. The maximum atomic E-state index is 11.9. The third-order valence-electron chi connectivity index (χ3n) is 5.11. The van der Waals surface area contributed by atoms with Crippen LogP contribution in [0.4, 0.5) is 0 Å².